The van der Waals surface area contributed by atoms with Gasteiger partial charge in [0.25, 0.3) is 0 Å². The number of aryl methyl sites for hydroxylation is 1. The summed E-state index contributed by atoms with van der Waals surface area (Å²) in [6, 6.07) is 16.2. The number of imidazole rings is 1. The van der Waals surface area contributed by atoms with E-state index in [-0.39, 0.29) is 0 Å². The zero-order valence-corrected chi connectivity index (χ0v) is 13.4. The van der Waals surface area contributed by atoms with Crippen LogP contribution < -0.4 is 0 Å². The maximum atomic E-state index is 5.30. The molecule has 0 aliphatic carbocycles. The quantitative estimate of drug-likeness (QED) is 0.554. The number of hydrogen-bond acceptors (Lipinski definition) is 3. The van der Waals surface area contributed by atoms with E-state index >= 15 is 0 Å². The summed E-state index contributed by atoms with van der Waals surface area (Å²) in [4.78, 5) is 9.17. The molecule has 0 aliphatic rings. The molecule has 4 heteroatoms. The van der Waals surface area contributed by atoms with Crippen LogP contribution in [0.15, 0.2) is 78.0 Å². The van der Waals surface area contributed by atoms with Gasteiger partial charge in [0.1, 0.15) is 0 Å². The molecule has 0 atom stereocenters. The number of nitrogens with zero attached hydrogens (tertiary/aromatic N) is 3. The van der Waals surface area contributed by atoms with Gasteiger partial charge in [0.15, 0.2) is 0 Å². The van der Waals surface area contributed by atoms with Crippen LogP contribution in [0.2, 0.25) is 0 Å². The highest BCUT2D eigenvalue weighted by atomic mass is 16.3. The molecule has 0 saturated heterocycles. The van der Waals surface area contributed by atoms with Crippen LogP contribution in [0.3, 0.4) is 0 Å². The highest BCUT2D eigenvalue weighted by molar-refractivity contribution is 5.78. The van der Waals surface area contributed by atoms with Crippen LogP contribution in [0.5, 0.6) is 0 Å². The molecule has 0 aliphatic heterocycles. The highest BCUT2D eigenvalue weighted by Gasteiger charge is 2.16. The standard InChI is InChI=1S/C20H17N3O/c1-15-6-5-10-21-18(15)12-23-14-22-19(16-7-3-2-4-8-16)20(23)17-9-11-24-13-17/h2-11,13-14H,12H2,1H3. The number of rotatable bonds is 4. The van der Waals surface area contributed by atoms with Crippen molar-refractivity contribution >= 4 is 0 Å². The summed E-state index contributed by atoms with van der Waals surface area (Å²) in [5.41, 5.74) is 6.31. The molecule has 118 valence electrons. The Hall–Kier alpha value is -3.14. The van der Waals surface area contributed by atoms with E-state index in [2.05, 4.69) is 39.7 Å². The third-order valence-electron chi connectivity index (χ3n) is 4.12. The number of hydrogen-bond donors (Lipinski definition) is 0. The Morgan fingerprint density at radius 2 is 1.83 bits per heavy atom. The van der Waals surface area contributed by atoms with Crippen LogP contribution in [-0.4, -0.2) is 14.5 Å². The van der Waals surface area contributed by atoms with E-state index in [1.54, 1.807) is 12.5 Å². The summed E-state index contributed by atoms with van der Waals surface area (Å²) in [6.07, 6.45) is 7.15. The zero-order valence-electron chi connectivity index (χ0n) is 13.4. The first kappa shape index (κ1) is 14.5. The lowest BCUT2D eigenvalue weighted by Gasteiger charge is -2.10. The SMILES string of the molecule is Cc1cccnc1Cn1cnc(-c2ccccc2)c1-c1ccoc1. The second-order valence-electron chi connectivity index (χ2n) is 5.71. The molecule has 4 nitrogen and oxygen atoms in total. The van der Waals surface area contributed by atoms with E-state index < -0.39 is 0 Å². The largest absolute Gasteiger partial charge is 0.472 e. The Balaban J connectivity index is 1.84. The van der Waals surface area contributed by atoms with Crippen molar-refractivity contribution in [3.8, 4) is 22.5 Å². The van der Waals surface area contributed by atoms with E-state index in [9.17, 15) is 0 Å². The fourth-order valence-corrected chi connectivity index (χ4v) is 2.86. The van der Waals surface area contributed by atoms with Gasteiger partial charge in [-0.05, 0) is 24.6 Å². The van der Waals surface area contributed by atoms with E-state index in [0.717, 1.165) is 28.2 Å². The van der Waals surface area contributed by atoms with Crippen molar-refractivity contribution in [2.24, 2.45) is 0 Å². The van der Waals surface area contributed by atoms with Gasteiger partial charge in [-0.2, -0.15) is 0 Å². The molecule has 3 heterocycles. The second kappa shape index (κ2) is 6.16. The molecule has 0 bridgehead atoms. The van der Waals surface area contributed by atoms with Crippen molar-refractivity contribution in [1.82, 2.24) is 14.5 Å². The first-order chi connectivity index (χ1) is 11.8. The van der Waals surface area contributed by atoms with Gasteiger partial charge in [-0.25, -0.2) is 4.98 Å². The summed E-state index contributed by atoms with van der Waals surface area (Å²) >= 11 is 0. The number of pyridine rings is 1. The van der Waals surface area contributed by atoms with Gasteiger partial charge in [0.05, 0.1) is 42.5 Å². The summed E-state index contributed by atoms with van der Waals surface area (Å²) in [5, 5.41) is 0. The van der Waals surface area contributed by atoms with E-state index in [4.69, 9.17) is 4.42 Å². The van der Waals surface area contributed by atoms with E-state index in [1.165, 1.54) is 5.56 Å². The minimum atomic E-state index is 0.674. The van der Waals surface area contributed by atoms with Crippen LogP contribution in [0.1, 0.15) is 11.3 Å². The Kier molecular flexibility index (Phi) is 3.71. The van der Waals surface area contributed by atoms with Crippen molar-refractivity contribution in [2.75, 3.05) is 0 Å². The molecule has 0 amide bonds. The molecule has 3 aromatic heterocycles. The molecule has 0 saturated carbocycles. The molecule has 0 unspecified atom stereocenters. The predicted octanol–water partition coefficient (Wildman–Crippen LogP) is 4.56. The first-order valence-electron chi connectivity index (χ1n) is 7.86. The van der Waals surface area contributed by atoms with Gasteiger partial charge >= 0.3 is 0 Å². The minimum absolute atomic E-state index is 0.674. The molecule has 24 heavy (non-hydrogen) atoms. The molecule has 0 radical (unpaired) electrons. The molecule has 0 fully saturated rings. The normalized spacial score (nSPS) is 10.9. The van der Waals surface area contributed by atoms with Gasteiger partial charge in [0.2, 0.25) is 0 Å². The Bertz CT molecular complexity index is 940. The smallest absolute Gasteiger partial charge is 0.0996 e. The Morgan fingerprint density at radius 3 is 2.58 bits per heavy atom. The summed E-state index contributed by atoms with van der Waals surface area (Å²) in [7, 11) is 0. The molecular formula is C20H17N3O. The molecule has 4 aromatic rings. The van der Waals surface area contributed by atoms with Crippen LogP contribution >= 0.6 is 0 Å². The highest BCUT2D eigenvalue weighted by Crippen LogP contribution is 2.31. The maximum absolute atomic E-state index is 5.30. The Labute approximate surface area is 140 Å². The topological polar surface area (TPSA) is 43.9 Å². The summed E-state index contributed by atoms with van der Waals surface area (Å²) in [5.74, 6) is 0. The van der Waals surface area contributed by atoms with Crippen LogP contribution in [0.25, 0.3) is 22.5 Å². The number of aromatic nitrogens is 3. The first-order valence-corrected chi connectivity index (χ1v) is 7.86. The van der Waals surface area contributed by atoms with E-state index in [1.807, 2.05) is 42.9 Å². The van der Waals surface area contributed by atoms with Gasteiger partial charge in [-0.3, -0.25) is 4.98 Å². The lowest BCUT2D eigenvalue weighted by atomic mass is 10.1. The molecule has 4 rings (SSSR count). The van der Waals surface area contributed by atoms with Gasteiger partial charge in [0, 0.05) is 17.3 Å². The lowest BCUT2D eigenvalue weighted by molar-refractivity contribution is 0.567. The molecule has 1 aromatic carbocycles. The zero-order chi connectivity index (χ0) is 16.4. The van der Waals surface area contributed by atoms with Gasteiger partial charge in [-0.15, -0.1) is 0 Å². The van der Waals surface area contributed by atoms with E-state index in [0.29, 0.717) is 6.54 Å². The molecule has 0 spiro atoms. The fraction of sp³-hybridized carbons (Fsp3) is 0.100. The third kappa shape index (κ3) is 2.63. The average molecular weight is 315 g/mol. The van der Waals surface area contributed by atoms with Crippen molar-refractivity contribution in [1.29, 1.82) is 0 Å². The average Bonchev–Trinajstić information content (AvgIpc) is 3.27. The minimum Gasteiger partial charge on any atom is -0.472 e. The molecule has 0 N–H and O–H groups in total. The molecular weight excluding hydrogens is 298 g/mol. The summed E-state index contributed by atoms with van der Waals surface area (Å²) in [6.45, 7) is 2.75. The van der Waals surface area contributed by atoms with Crippen LogP contribution in [0, 0.1) is 6.92 Å². The monoisotopic (exact) mass is 315 g/mol. The van der Waals surface area contributed by atoms with Gasteiger partial charge < -0.3 is 8.98 Å². The van der Waals surface area contributed by atoms with Crippen molar-refractivity contribution in [3.05, 3.63) is 84.8 Å². The van der Waals surface area contributed by atoms with Crippen LogP contribution in [0.4, 0.5) is 0 Å². The lowest BCUT2D eigenvalue weighted by Crippen LogP contribution is -2.04. The fourth-order valence-electron chi connectivity index (χ4n) is 2.86. The number of furan rings is 1. The third-order valence-corrected chi connectivity index (χ3v) is 4.12. The van der Waals surface area contributed by atoms with Crippen molar-refractivity contribution < 1.29 is 4.42 Å². The van der Waals surface area contributed by atoms with Crippen molar-refractivity contribution in [2.45, 2.75) is 13.5 Å². The Morgan fingerprint density at radius 1 is 0.958 bits per heavy atom. The number of benzene rings is 1. The van der Waals surface area contributed by atoms with Crippen LogP contribution in [-0.2, 0) is 6.54 Å². The predicted molar refractivity (Wildman–Crippen MR) is 93.4 cm³/mol. The second-order valence-corrected chi connectivity index (χ2v) is 5.71. The van der Waals surface area contributed by atoms with Crippen molar-refractivity contribution in [3.63, 3.8) is 0 Å². The summed E-state index contributed by atoms with van der Waals surface area (Å²) < 4.78 is 7.43. The van der Waals surface area contributed by atoms with Gasteiger partial charge in [-0.1, -0.05) is 36.4 Å². The maximum Gasteiger partial charge on any atom is 0.0996 e.